The maximum absolute atomic E-state index is 12.0. The number of esters is 1. The van der Waals surface area contributed by atoms with E-state index in [1.807, 2.05) is 20.8 Å². The summed E-state index contributed by atoms with van der Waals surface area (Å²) >= 11 is 0. The molecule has 1 aliphatic rings. The zero-order valence-corrected chi connectivity index (χ0v) is 15.7. The molecule has 0 aromatic rings. The molecule has 3 atom stereocenters. The average molecular weight is 344 g/mol. The fourth-order valence-electron chi connectivity index (χ4n) is 2.57. The summed E-state index contributed by atoms with van der Waals surface area (Å²) in [7, 11) is 0. The van der Waals surface area contributed by atoms with Crippen LogP contribution in [0.4, 0.5) is 4.79 Å². The molecule has 0 bridgehead atoms. The fourth-order valence-corrected chi connectivity index (χ4v) is 2.57. The van der Waals surface area contributed by atoms with Crippen LogP contribution in [-0.2, 0) is 19.0 Å². The first kappa shape index (κ1) is 20.7. The number of hydrogen-bond acceptors (Lipinski definition) is 6. The van der Waals surface area contributed by atoms with Gasteiger partial charge in [-0.25, -0.2) is 4.79 Å². The molecule has 2 N–H and O–H groups in total. The highest BCUT2D eigenvalue weighted by molar-refractivity contribution is 5.68. The van der Waals surface area contributed by atoms with Crippen molar-refractivity contribution in [2.75, 3.05) is 13.2 Å². The van der Waals surface area contributed by atoms with E-state index in [0.29, 0.717) is 19.1 Å². The van der Waals surface area contributed by atoms with Crippen LogP contribution in [0, 0.1) is 5.92 Å². The van der Waals surface area contributed by atoms with Crippen molar-refractivity contribution in [3.63, 3.8) is 0 Å². The van der Waals surface area contributed by atoms with Gasteiger partial charge in [0.05, 0.1) is 12.6 Å². The third-order valence-electron chi connectivity index (χ3n) is 3.42. The van der Waals surface area contributed by atoms with Gasteiger partial charge in [-0.1, -0.05) is 13.8 Å². The van der Waals surface area contributed by atoms with Gasteiger partial charge < -0.3 is 24.8 Å². The summed E-state index contributed by atoms with van der Waals surface area (Å²) in [6.45, 7) is 12.2. The zero-order valence-electron chi connectivity index (χ0n) is 15.7. The van der Waals surface area contributed by atoms with Crippen molar-refractivity contribution < 1.29 is 23.8 Å². The maximum atomic E-state index is 12.0. The van der Waals surface area contributed by atoms with Gasteiger partial charge in [-0.3, -0.25) is 4.79 Å². The fraction of sp³-hybridized carbons (Fsp3) is 0.882. The topological polar surface area (TPSA) is 85.9 Å². The number of carbonyl (C=O) groups excluding carboxylic acids is 2. The van der Waals surface area contributed by atoms with E-state index < -0.39 is 18.0 Å². The Morgan fingerprint density at radius 2 is 1.96 bits per heavy atom. The number of nitrogens with one attached hydrogen (secondary N) is 2. The van der Waals surface area contributed by atoms with Crippen LogP contribution in [-0.4, -0.2) is 49.2 Å². The largest absolute Gasteiger partial charge is 0.444 e. The number of hydrogen-bond donors (Lipinski definition) is 2. The summed E-state index contributed by atoms with van der Waals surface area (Å²) in [5, 5.41) is 6.25. The van der Waals surface area contributed by atoms with Crippen LogP contribution >= 0.6 is 0 Å². The molecule has 0 aromatic carbocycles. The smallest absolute Gasteiger partial charge is 0.407 e. The molecular weight excluding hydrogens is 312 g/mol. The Morgan fingerprint density at radius 3 is 2.50 bits per heavy atom. The summed E-state index contributed by atoms with van der Waals surface area (Å²) < 4.78 is 15.9. The van der Waals surface area contributed by atoms with Crippen molar-refractivity contribution in [1.29, 1.82) is 0 Å². The Hall–Kier alpha value is -1.34. The van der Waals surface area contributed by atoms with E-state index in [-0.39, 0.29) is 18.1 Å². The number of rotatable bonds is 7. The molecular formula is C17H32N2O5. The second-order valence-electron chi connectivity index (χ2n) is 7.62. The predicted octanol–water partition coefficient (Wildman–Crippen LogP) is 2.19. The minimum absolute atomic E-state index is 0.0657. The Morgan fingerprint density at radius 1 is 1.29 bits per heavy atom. The lowest BCUT2D eigenvalue weighted by Crippen LogP contribution is -2.49. The highest BCUT2D eigenvalue weighted by Crippen LogP contribution is 2.16. The van der Waals surface area contributed by atoms with Crippen LogP contribution < -0.4 is 10.6 Å². The second-order valence-corrected chi connectivity index (χ2v) is 7.62. The van der Waals surface area contributed by atoms with Crippen LogP contribution in [0.25, 0.3) is 0 Å². The summed E-state index contributed by atoms with van der Waals surface area (Å²) in [5.74, 6) is 0.0649. The van der Waals surface area contributed by atoms with Crippen molar-refractivity contribution in [2.24, 2.45) is 5.92 Å². The molecule has 140 valence electrons. The standard InChI is InChI=1S/C17H32N2O5/c1-11(2)9-13(19-16(21)24-17(4,5)6)10-18-14-7-8-22-15(14)23-12(3)20/h11,13-15,18H,7-10H2,1-6H3,(H,19,21)/t13-,14+,15+/m1/s1. The first-order valence-electron chi connectivity index (χ1n) is 8.58. The van der Waals surface area contributed by atoms with E-state index in [1.165, 1.54) is 6.92 Å². The van der Waals surface area contributed by atoms with Crippen LogP contribution in [0.1, 0.15) is 54.4 Å². The molecule has 0 aromatic heterocycles. The molecule has 0 unspecified atom stereocenters. The van der Waals surface area contributed by atoms with E-state index in [9.17, 15) is 9.59 Å². The minimum Gasteiger partial charge on any atom is -0.444 e. The lowest BCUT2D eigenvalue weighted by Gasteiger charge is -2.27. The summed E-state index contributed by atoms with van der Waals surface area (Å²) in [4.78, 5) is 23.1. The van der Waals surface area contributed by atoms with Crippen molar-refractivity contribution >= 4 is 12.1 Å². The quantitative estimate of drug-likeness (QED) is 0.689. The third kappa shape index (κ3) is 8.49. The van der Waals surface area contributed by atoms with E-state index in [1.54, 1.807) is 0 Å². The van der Waals surface area contributed by atoms with Gasteiger partial charge in [-0.15, -0.1) is 0 Å². The molecule has 1 amide bonds. The Balaban J connectivity index is 2.53. The number of ether oxygens (including phenoxy) is 3. The zero-order chi connectivity index (χ0) is 18.3. The van der Waals surface area contributed by atoms with Gasteiger partial charge in [-0.2, -0.15) is 0 Å². The second kappa shape index (κ2) is 9.22. The van der Waals surface area contributed by atoms with E-state index in [2.05, 4.69) is 24.5 Å². The first-order chi connectivity index (χ1) is 11.1. The molecule has 24 heavy (non-hydrogen) atoms. The number of carbonyl (C=O) groups is 2. The van der Waals surface area contributed by atoms with Gasteiger partial charge >= 0.3 is 12.1 Å². The van der Waals surface area contributed by atoms with Gasteiger partial charge in [0.25, 0.3) is 0 Å². The molecule has 0 radical (unpaired) electrons. The normalized spacial score (nSPS) is 22.3. The first-order valence-corrected chi connectivity index (χ1v) is 8.58. The highest BCUT2D eigenvalue weighted by Gasteiger charge is 2.31. The number of amides is 1. The van der Waals surface area contributed by atoms with E-state index in [4.69, 9.17) is 14.2 Å². The number of alkyl carbamates (subject to hydrolysis) is 1. The molecule has 1 aliphatic heterocycles. The van der Waals surface area contributed by atoms with Crippen molar-refractivity contribution in [3.8, 4) is 0 Å². The van der Waals surface area contributed by atoms with Gasteiger partial charge in [-0.05, 0) is 39.5 Å². The average Bonchev–Trinajstić information content (AvgIpc) is 2.79. The predicted molar refractivity (Wildman–Crippen MR) is 90.5 cm³/mol. The molecule has 0 spiro atoms. The molecule has 1 saturated heterocycles. The van der Waals surface area contributed by atoms with Gasteiger partial charge in [0, 0.05) is 19.5 Å². The van der Waals surface area contributed by atoms with Gasteiger partial charge in [0.15, 0.2) is 0 Å². The Bertz CT molecular complexity index is 420. The monoisotopic (exact) mass is 344 g/mol. The molecule has 0 saturated carbocycles. The summed E-state index contributed by atoms with van der Waals surface area (Å²) in [6.07, 6.45) is 0.592. The van der Waals surface area contributed by atoms with E-state index >= 15 is 0 Å². The highest BCUT2D eigenvalue weighted by atomic mass is 16.7. The van der Waals surface area contributed by atoms with Crippen molar-refractivity contribution in [2.45, 2.75) is 78.4 Å². The van der Waals surface area contributed by atoms with Crippen molar-refractivity contribution in [1.82, 2.24) is 10.6 Å². The van der Waals surface area contributed by atoms with Gasteiger partial charge in [0.2, 0.25) is 6.29 Å². The Labute approximate surface area is 144 Å². The molecule has 1 fully saturated rings. The lowest BCUT2D eigenvalue weighted by atomic mass is 10.0. The SMILES string of the molecule is CC(=O)O[C@@H]1OCC[C@@H]1NC[C@@H](CC(C)C)NC(=O)OC(C)(C)C. The van der Waals surface area contributed by atoms with E-state index in [0.717, 1.165) is 12.8 Å². The lowest BCUT2D eigenvalue weighted by molar-refractivity contribution is -0.170. The Kier molecular flexibility index (Phi) is 7.96. The molecule has 1 rings (SSSR count). The minimum atomic E-state index is -0.566. The molecule has 7 heteroatoms. The molecule has 0 aliphatic carbocycles. The van der Waals surface area contributed by atoms with Crippen LogP contribution in [0.15, 0.2) is 0 Å². The van der Waals surface area contributed by atoms with Crippen LogP contribution in [0.2, 0.25) is 0 Å². The van der Waals surface area contributed by atoms with Gasteiger partial charge in [0.1, 0.15) is 5.60 Å². The van der Waals surface area contributed by atoms with Crippen LogP contribution in [0.5, 0.6) is 0 Å². The summed E-state index contributed by atoms with van der Waals surface area (Å²) in [5.41, 5.74) is -0.528. The third-order valence-corrected chi connectivity index (χ3v) is 3.42. The van der Waals surface area contributed by atoms with Crippen molar-refractivity contribution in [3.05, 3.63) is 0 Å². The maximum Gasteiger partial charge on any atom is 0.407 e. The molecule has 1 heterocycles. The summed E-state index contributed by atoms with van der Waals surface area (Å²) in [6, 6.07) is -0.137. The molecule has 7 nitrogen and oxygen atoms in total. The van der Waals surface area contributed by atoms with Crippen LogP contribution in [0.3, 0.4) is 0 Å².